The first-order valence-corrected chi connectivity index (χ1v) is 14.1. The lowest BCUT2D eigenvalue weighted by molar-refractivity contribution is -0.115. The number of benzene rings is 2. The highest BCUT2D eigenvalue weighted by atomic mass is 16.3. The van der Waals surface area contributed by atoms with Gasteiger partial charge in [0.15, 0.2) is 5.78 Å². The van der Waals surface area contributed by atoms with E-state index in [9.17, 15) is 15.2 Å². The molecule has 0 aliphatic heterocycles. The van der Waals surface area contributed by atoms with E-state index >= 15 is 0 Å². The minimum atomic E-state index is -0.962. The average molecular weight is 500 g/mol. The number of ketones is 1. The number of nitrogens with zero attached hydrogens (tertiary/aromatic N) is 1. The summed E-state index contributed by atoms with van der Waals surface area (Å²) >= 11 is 0. The van der Waals surface area contributed by atoms with Crippen molar-refractivity contribution in [1.29, 1.82) is 5.26 Å². The number of carbonyl (C=O) groups excluding carboxylic acids is 1. The van der Waals surface area contributed by atoms with Crippen LogP contribution in [0.4, 0.5) is 0 Å². The summed E-state index contributed by atoms with van der Waals surface area (Å²) < 4.78 is 0. The summed E-state index contributed by atoms with van der Waals surface area (Å²) in [5, 5.41) is 21.1. The van der Waals surface area contributed by atoms with E-state index in [4.69, 9.17) is 0 Å². The van der Waals surface area contributed by atoms with Gasteiger partial charge in [-0.1, -0.05) is 59.9 Å². The normalized spacial score (nSPS) is 34.6. The Balaban J connectivity index is 1.43. The fourth-order valence-electron chi connectivity index (χ4n) is 9.11. The molecule has 1 N–H and O–H groups in total. The molecule has 3 heteroatoms. The zero-order valence-corrected chi connectivity index (χ0v) is 22.2. The highest BCUT2D eigenvalue weighted by Gasteiger charge is 2.64. The van der Waals surface area contributed by atoms with Crippen LogP contribution in [0.2, 0.25) is 0 Å². The number of fused-ring (bicyclic) bond motifs is 4. The lowest BCUT2D eigenvalue weighted by Crippen LogP contribution is -2.52. The molecule has 0 saturated heterocycles. The van der Waals surface area contributed by atoms with Crippen LogP contribution in [-0.2, 0) is 11.2 Å². The van der Waals surface area contributed by atoms with Gasteiger partial charge in [0.25, 0.3) is 0 Å². The standard InChI is InChI=1S/C35H33NO2/c1-3-14-35(38)16-13-31-29-11-9-26-18-27(37)12-15-34(26)19-25-17-24(23-6-4-22(21-36)5-7-23)8-10-28(25)30(32(29)34)20-33(31,35)2/h4-8,10,17-18,30-31,38H,9,11-13,15-16,19-20H2,1-2H3/t30?,31-,33-,34+,35-/m0/s1. The molecule has 1 spiro atoms. The molecule has 0 aromatic heterocycles. The first-order valence-electron chi connectivity index (χ1n) is 14.1. The van der Waals surface area contributed by atoms with Crippen molar-refractivity contribution in [1.82, 2.24) is 0 Å². The summed E-state index contributed by atoms with van der Waals surface area (Å²) in [7, 11) is 0. The molecule has 2 aromatic rings. The Bertz CT molecular complexity index is 1560. The molecule has 0 bridgehead atoms. The van der Waals surface area contributed by atoms with E-state index < -0.39 is 5.60 Å². The van der Waals surface area contributed by atoms with Crippen molar-refractivity contribution in [3.05, 3.63) is 82.0 Å². The van der Waals surface area contributed by atoms with E-state index in [2.05, 4.69) is 43.0 Å². The summed E-state index contributed by atoms with van der Waals surface area (Å²) in [6, 6.07) is 16.9. The van der Waals surface area contributed by atoms with Gasteiger partial charge in [-0.15, -0.1) is 5.92 Å². The molecule has 2 aromatic carbocycles. The van der Waals surface area contributed by atoms with Crippen LogP contribution < -0.4 is 0 Å². The van der Waals surface area contributed by atoms with Crippen LogP contribution >= 0.6 is 0 Å². The van der Waals surface area contributed by atoms with Gasteiger partial charge < -0.3 is 5.11 Å². The minimum Gasteiger partial charge on any atom is -0.377 e. The van der Waals surface area contributed by atoms with Crippen molar-refractivity contribution in [2.24, 2.45) is 16.7 Å². The quantitative estimate of drug-likeness (QED) is 0.346. The van der Waals surface area contributed by atoms with E-state index in [0.717, 1.165) is 50.5 Å². The van der Waals surface area contributed by atoms with Gasteiger partial charge in [-0.05, 0) is 98.2 Å². The molecule has 38 heavy (non-hydrogen) atoms. The lowest BCUT2D eigenvalue weighted by atomic mass is 9.45. The fourth-order valence-corrected chi connectivity index (χ4v) is 9.11. The Morgan fingerprint density at radius 1 is 1.03 bits per heavy atom. The highest BCUT2D eigenvalue weighted by Crippen LogP contribution is 2.70. The predicted molar refractivity (Wildman–Crippen MR) is 148 cm³/mol. The monoisotopic (exact) mass is 499 g/mol. The second kappa shape index (κ2) is 8.05. The van der Waals surface area contributed by atoms with Crippen LogP contribution in [0.3, 0.4) is 0 Å². The summed E-state index contributed by atoms with van der Waals surface area (Å²) in [5.74, 6) is 7.19. The number of rotatable bonds is 1. The Morgan fingerprint density at radius 3 is 2.58 bits per heavy atom. The second-order valence-electron chi connectivity index (χ2n) is 12.4. The highest BCUT2D eigenvalue weighted by molar-refractivity contribution is 5.92. The Kier molecular flexibility index (Phi) is 5.02. The van der Waals surface area contributed by atoms with Crippen molar-refractivity contribution >= 4 is 5.78 Å². The molecule has 1 saturated carbocycles. The number of hydrogen-bond donors (Lipinski definition) is 1. The van der Waals surface area contributed by atoms with E-state index in [1.165, 1.54) is 22.3 Å². The van der Waals surface area contributed by atoms with E-state index in [0.29, 0.717) is 17.9 Å². The zero-order chi connectivity index (χ0) is 26.3. The van der Waals surface area contributed by atoms with Gasteiger partial charge in [0.05, 0.1) is 11.6 Å². The van der Waals surface area contributed by atoms with Crippen molar-refractivity contribution in [2.45, 2.75) is 76.7 Å². The van der Waals surface area contributed by atoms with Crippen LogP contribution in [0.15, 0.2) is 65.3 Å². The lowest BCUT2D eigenvalue weighted by Gasteiger charge is -2.58. The summed E-state index contributed by atoms with van der Waals surface area (Å²) in [6.07, 6.45) is 9.02. The third-order valence-electron chi connectivity index (χ3n) is 10.9. The van der Waals surface area contributed by atoms with Gasteiger partial charge in [0.2, 0.25) is 0 Å². The molecule has 1 fully saturated rings. The molecular weight excluding hydrogens is 466 g/mol. The van der Waals surface area contributed by atoms with Gasteiger partial charge in [-0.2, -0.15) is 5.26 Å². The van der Waals surface area contributed by atoms with Gasteiger partial charge in [-0.3, -0.25) is 4.79 Å². The summed E-state index contributed by atoms with van der Waals surface area (Å²) in [6.45, 7) is 4.13. The van der Waals surface area contributed by atoms with Crippen LogP contribution in [0, 0.1) is 39.9 Å². The number of carbonyl (C=O) groups is 1. The average Bonchev–Trinajstić information content (AvgIpc) is 3.18. The molecule has 5 atom stereocenters. The minimum absolute atomic E-state index is 0.0685. The third kappa shape index (κ3) is 3.03. The van der Waals surface area contributed by atoms with Crippen molar-refractivity contribution in [3.63, 3.8) is 0 Å². The van der Waals surface area contributed by atoms with Gasteiger partial charge in [0.1, 0.15) is 5.60 Å². The fraction of sp³-hybridized carbons (Fsp3) is 0.429. The largest absolute Gasteiger partial charge is 0.377 e. The molecular formula is C35H33NO2. The first kappa shape index (κ1) is 23.7. The van der Waals surface area contributed by atoms with Crippen LogP contribution in [-0.4, -0.2) is 16.5 Å². The topological polar surface area (TPSA) is 61.1 Å². The smallest absolute Gasteiger partial charge is 0.155 e. The van der Waals surface area contributed by atoms with Crippen LogP contribution in [0.1, 0.15) is 81.4 Å². The van der Waals surface area contributed by atoms with Crippen molar-refractivity contribution in [3.8, 4) is 29.0 Å². The predicted octanol–water partition coefficient (Wildman–Crippen LogP) is 6.81. The molecule has 7 rings (SSSR count). The molecule has 190 valence electrons. The van der Waals surface area contributed by atoms with E-state index in [1.807, 2.05) is 37.3 Å². The zero-order valence-electron chi connectivity index (χ0n) is 22.2. The number of allylic oxidation sites excluding steroid dienone is 4. The second-order valence-corrected chi connectivity index (χ2v) is 12.4. The molecule has 5 aliphatic rings. The molecule has 1 unspecified atom stereocenters. The molecule has 3 nitrogen and oxygen atoms in total. The SMILES string of the molecule is CC#C[C@]1(O)CC[C@H]2C3=C4C(C[C@@]21C)c1ccc(-c2ccc(C#N)cc2)cc1C[C@@]41CCC(=O)C=C1CC3. The van der Waals surface area contributed by atoms with Crippen molar-refractivity contribution in [2.75, 3.05) is 0 Å². The van der Waals surface area contributed by atoms with Gasteiger partial charge >= 0.3 is 0 Å². The molecule has 0 amide bonds. The molecule has 0 heterocycles. The number of nitriles is 1. The maximum absolute atomic E-state index is 12.6. The van der Waals surface area contributed by atoms with Gasteiger partial charge in [-0.25, -0.2) is 0 Å². The van der Waals surface area contributed by atoms with E-state index in [1.54, 1.807) is 11.1 Å². The number of hydrogen-bond acceptors (Lipinski definition) is 3. The summed E-state index contributed by atoms with van der Waals surface area (Å²) in [5.41, 5.74) is 8.90. The van der Waals surface area contributed by atoms with Crippen LogP contribution in [0.25, 0.3) is 11.1 Å². The molecule has 0 radical (unpaired) electrons. The Labute approximate surface area is 225 Å². The first-order chi connectivity index (χ1) is 18.3. The van der Waals surface area contributed by atoms with Crippen molar-refractivity contribution < 1.29 is 9.90 Å². The third-order valence-corrected chi connectivity index (χ3v) is 10.9. The Morgan fingerprint density at radius 2 is 1.82 bits per heavy atom. The van der Waals surface area contributed by atoms with Crippen LogP contribution in [0.5, 0.6) is 0 Å². The maximum atomic E-state index is 12.6. The summed E-state index contributed by atoms with van der Waals surface area (Å²) in [4.78, 5) is 12.6. The maximum Gasteiger partial charge on any atom is 0.155 e. The Hall–Kier alpha value is -3.40. The molecule has 5 aliphatic carbocycles. The number of aliphatic hydroxyl groups is 1. The van der Waals surface area contributed by atoms with E-state index in [-0.39, 0.29) is 22.5 Å². The van der Waals surface area contributed by atoms with Gasteiger partial charge in [0, 0.05) is 23.2 Å².